The van der Waals surface area contributed by atoms with Crippen LogP contribution in [0.25, 0.3) is 120 Å². The van der Waals surface area contributed by atoms with Crippen molar-refractivity contribution in [1.29, 1.82) is 0 Å². The second kappa shape index (κ2) is 61.2. The fourth-order valence-corrected chi connectivity index (χ4v) is 13.3. The molecule has 0 bridgehead atoms. The molecule has 17 aromatic rings. The molecule has 2 aromatic heterocycles. The van der Waals surface area contributed by atoms with E-state index in [0.29, 0.717) is 53.6 Å². The number of rotatable bonds is 7. The fraction of sp³-hybridized carbons (Fsp3) is 0.0690. The Hall–Kier alpha value is -2.66. The van der Waals surface area contributed by atoms with Gasteiger partial charge in [0.15, 0.2) is 0 Å². The van der Waals surface area contributed by atoms with Gasteiger partial charge in [0.05, 0.1) is 24.0 Å². The number of phenols is 1. The Bertz CT molecular complexity index is 6270. The van der Waals surface area contributed by atoms with E-state index in [1.807, 2.05) is 146 Å². The Kier molecular flexibility index (Phi) is 58.0. The monoisotopic (exact) mass is 2570 g/mol. The molecule has 0 fully saturated rings. The van der Waals surface area contributed by atoms with Crippen LogP contribution in [0.3, 0.4) is 0 Å². The largest absolute Gasteiger partial charge is 1.00 e. The van der Waals surface area contributed by atoms with Crippen molar-refractivity contribution in [3.63, 3.8) is 0 Å². The zero-order chi connectivity index (χ0) is 87.0. The summed E-state index contributed by atoms with van der Waals surface area (Å²) in [5.74, 6) is 0.406. The van der Waals surface area contributed by atoms with Crippen LogP contribution in [-0.4, -0.2) is 90.7 Å². The molecule has 124 heavy (non-hydrogen) atoms. The number of fused-ring (bicyclic) bond motifs is 11. The minimum absolute atomic E-state index is 0. The summed E-state index contributed by atoms with van der Waals surface area (Å²) in [6.45, 7) is -0.181. The van der Waals surface area contributed by atoms with Gasteiger partial charge >= 0.3 is 125 Å². The smallest absolute Gasteiger partial charge is 1.00 e. The number of halogens is 15. The van der Waals surface area contributed by atoms with Crippen LogP contribution in [0.4, 0.5) is 13.2 Å². The number of phenolic OH excluding ortho intramolecular Hbond substituents is 1. The zero-order valence-electron chi connectivity index (χ0n) is 65.7. The number of carbonyl (C=O) groups is 1. The first kappa shape index (κ1) is 117. The average molecular weight is 2580 g/mol. The summed E-state index contributed by atoms with van der Waals surface area (Å²) >= 11 is 35.4. The summed E-state index contributed by atoms with van der Waals surface area (Å²) in [4.78, 5) is 10.1. The van der Waals surface area contributed by atoms with Crippen LogP contribution in [0.2, 0.25) is 0 Å². The molecule has 0 radical (unpaired) electrons. The first-order chi connectivity index (χ1) is 57.0. The van der Waals surface area contributed by atoms with E-state index in [1.54, 1.807) is 74.8 Å². The van der Waals surface area contributed by atoms with E-state index in [9.17, 15) is 38.4 Å². The summed E-state index contributed by atoms with van der Waals surface area (Å²) in [5.41, 5.74) is 6.36. The van der Waals surface area contributed by atoms with Gasteiger partial charge in [0.2, 0.25) is 0 Å². The molecule has 0 atom stereocenters. The van der Waals surface area contributed by atoms with Crippen molar-refractivity contribution in [1.82, 2.24) is 0 Å². The fourth-order valence-electron chi connectivity index (χ4n) is 11.6. The number of carbonyl (C=O) groups excluding carboxylic acids is 1. The maximum Gasteiger partial charge on any atom is 1.00 e. The number of nitrogens with zero attached hydrogens (tertiary/aromatic N) is 1. The van der Waals surface area contributed by atoms with Crippen molar-refractivity contribution in [3.8, 4) is 39.5 Å². The van der Waals surface area contributed by atoms with Gasteiger partial charge in [0.25, 0.3) is 6.47 Å². The molecular weight excluding hydrogens is 2500 g/mol. The van der Waals surface area contributed by atoms with Gasteiger partial charge in [-0.05, 0) is 228 Å². The van der Waals surface area contributed by atoms with Gasteiger partial charge in [0, 0.05) is 73.3 Å². The minimum atomic E-state index is -1.51. The maximum atomic E-state index is 14.2. The van der Waals surface area contributed by atoms with Gasteiger partial charge in [0.1, 0.15) is 57.0 Å². The van der Waals surface area contributed by atoms with E-state index in [1.165, 1.54) is 69.2 Å². The Labute approximate surface area is 918 Å². The molecule has 2 heterocycles. The summed E-state index contributed by atoms with van der Waals surface area (Å²) in [6.07, 6.45) is 0. The van der Waals surface area contributed by atoms with Crippen LogP contribution in [0.1, 0.15) is 16.3 Å². The predicted molar refractivity (Wildman–Crippen MR) is 557 cm³/mol. The first-order valence-electron chi connectivity index (χ1n) is 34.5. The van der Waals surface area contributed by atoms with Gasteiger partial charge < -0.3 is 65.1 Å². The summed E-state index contributed by atoms with van der Waals surface area (Å²) < 4.78 is 70.4. The molecule has 17 rings (SSSR count). The van der Waals surface area contributed by atoms with Gasteiger partial charge in [-0.3, -0.25) is 9.54 Å². The molecule has 37 heteroatoms. The molecule has 7 N–H and O–H groups in total. The molecule has 0 aliphatic heterocycles. The number of ether oxygens (including phenoxy) is 2. The second-order valence-electron chi connectivity index (χ2n) is 24.2. The van der Waals surface area contributed by atoms with E-state index in [4.69, 9.17) is 61.6 Å². The Balaban J connectivity index is 0.000000721. The Morgan fingerprint density at radius 2 is 0.790 bits per heavy atom. The molecule has 15 nitrogen and oxygen atoms in total. The van der Waals surface area contributed by atoms with Crippen LogP contribution in [0.15, 0.2) is 304 Å². The number of methoxy groups -OCH3 is 2. The van der Waals surface area contributed by atoms with Crippen LogP contribution in [0.5, 0.6) is 17.2 Å². The van der Waals surface area contributed by atoms with Crippen molar-refractivity contribution in [2.24, 2.45) is 4.74 Å². The number of hydrogen-bond donors (Lipinski definition) is 7. The minimum Gasteiger partial charge on any atom is -1.00 e. The van der Waals surface area contributed by atoms with Crippen LogP contribution in [-0.2, 0) is 9.68 Å². The molecule has 0 saturated carbocycles. The van der Waals surface area contributed by atoms with E-state index >= 15 is 0 Å². The molecular formula is C87H75B4Br7Cl2F3I3K2NO14P. The van der Waals surface area contributed by atoms with E-state index < -0.39 is 19.2 Å². The quantitative estimate of drug-likeness (QED) is 0.0115. The van der Waals surface area contributed by atoms with Crippen molar-refractivity contribution >= 4 is 350 Å². The average Bonchev–Trinajstić information content (AvgIpc) is 1.63. The van der Waals surface area contributed by atoms with Crippen molar-refractivity contribution in [3.05, 3.63) is 312 Å². The number of hydrogen-bond acceptors (Lipinski definition) is 15. The molecule has 0 spiro atoms. The molecule has 0 aliphatic rings. The van der Waals surface area contributed by atoms with Gasteiger partial charge in [-0.2, -0.15) is 0 Å². The topological polar surface area (TPSA) is 248 Å². The van der Waals surface area contributed by atoms with Crippen LogP contribution < -0.4 is 128 Å². The third kappa shape index (κ3) is 36.4. The number of aromatic hydroxyl groups is 1. The summed E-state index contributed by atoms with van der Waals surface area (Å²) in [5, 5.41) is 85.8. The Morgan fingerprint density at radius 1 is 0.468 bits per heavy atom. The van der Waals surface area contributed by atoms with Crippen molar-refractivity contribution in [2.45, 2.75) is 14.9 Å². The number of benzene rings is 15. The van der Waals surface area contributed by atoms with Crippen molar-refractivity contribution < 1.29 is 186 Å². The van der Waals surface area contributed by atoms with Crippen LogP contribution in [0, 0.1) is 21.0 Å². The third-order valence-electron chi connectivity index (χ3n) is 16.6. The van der Waals surface area contributed by atoms with E-state index in [-0.39, 0.29) is 181 Å². The van der Waals surface area contributed by atoms with Crippen molar-refractivity contribution in [2.75, 3.05) is 26.6 Å². The molecule has 0 saturated heterocycles. The SMILES string of the molecule is BrB(Br)Br.Brc1ccc2c(c1)oc1cc3ccccc3cc12.C.C.CN=P.COc1cc2ccccc2cc1-c1ccc(Br)cc1F.COc1cc2ccccc2cc1B(O)O.ClCCl.Fc1cc(I)ccc1Br.I.O=CO[O-].OB(O)I.OB(O)c1ccc2c(c1)oc1cc3ccccc3cc12.Oc1cc2ccccc2cc1-c1ccc(Br)cc1F.[H-].[K+].[K+]. The third-order valence-corrected chi connectivity index (χ3v) is 19.4. The molecule has 636 valence electrons. The van der Waals surface area contributed by atoms with E-state index in [0.717, 1.165) is 88.7 Å². The normalized spacial score (nSPS) is 9.74. The molecule has 0 unspecified atom stereocenters. The number of alkyl halides is 2. The summed E-state index contributed by atoms with van der Waals surface area (Å²) in [7, 11) is 4.59. The summed E-state index contributed by atoms with van der Waals surface area (Å²) in [6, 6.07) is 85.4. The Morgan fingerprint density at radius 3 is 1.16 bits per heavy atom. The molecule has 0 amide bonds. The first-order valence-corrected chi connectivity index (χ1v) is 44.2. The molecule has 15 aromatic carbocycles. The predicted octanol–water partition coefficient (Wildman–Crippen LogP) is 20.5. The second-order valence-corrected chi connectivity index (χ2v) is 37.8. The number of furan rings is 2. The standard InChI is InChI=1S/C17H12BrFO.C16H11BO3.C16H10BrFO.C16H9BrO.C11H11BO3.C6H3BrFI.CH2Cl2.CH4NP.CH2O3.2CH4.BBr3.BH2IO2.HI.2K.H/c1-20-17-9-12-5-3-2-4-11(12)8-15(17)14-7-6-13(18)10-16(14)19;18-17(19)12-5-6-13-14-7-10-3-1-2-4-11(10)8-15(14)20-16(13)9-12;17-12-5-6-13(15(18)9-12)14-7-10-3-1-2-4-11(10)8-16(14)19;17-12-5-6-13-14-7-10-3-1-2-4-11(10)8-15(14)18-16(13)9-12;1-15-11-7-9-5-3-2-4-8(9)6-10(11)12(13)14;7-5-2-1-4(9)3-6(5)8;2-1-3;1-2-3;2-1-4-3;;;2*2-1(3)4;;;;/h2-10H,1H3;1-9,18-19H;1-9,19H;1-9H;2-7,13-14H,1H3;1-3H;1H2;3H,1H3;1,3H;2*1H4;;3-4H;1H;;;/q;;;;;;;;;;;;;;2*+1;-1/p-1. The van der Waals surface area contributed by atoms with Crippen LogP contribution >= 0.6 is 212 Å². The van der Waals surface area contributed by atoms with Gasteiger partial charge in [-0.1, -0.05) is 237 Å². The molecule has 0 aliphatic carbocycles. The van der Waals surface area contributed by atoms with Gasteiger partial charge in [-0.15, -0.1) is 94.4 Å². The maximum absolute atomic E-state index is 14.2. The van der Waals surface area contributed by atoms with E-state index in [2.05, 4.69) is 201 Å². The zero-order valence-corrected chi connectivity index (χ0v) is 91.2. The van der Waals surface area contributed by atoms with Gasteiger partial charge in [-0.25, -0.2) is 13.2 Å².